The van der Waals surface area contributed by atoms with Crippen LogP contribution in [0.25, 0.3) is 0 Å². The summed E-state index contributed by atoms with van der Waals surface area (Å²) in [5.74, 6) is 0.598. The fourth-order valence-corrected chi connectivity index (χ4v) is 2.52. The summed E-state index contributed by atoms with van der Waals surface area (Å²) in [5.41, 5.74) is -0.204. The van der Waals surface area contributed by atoms with Gasteiger partial charge in [-0.05, 0) is 24.5 Å². The third kappa shape index (κ3) is 10.7. The van der Waals surface area contributed by atoms with Crippen molar-refractivity contribution < 1.29 is 22.7 Å². The monoisotopic (exact) mass is 286 g/mol. The first kappa shape index (κ1) is 17.6. The molecule has 0 aromatic rings. The molecule has 0 aliphatic heterocycles. The Bertz CT molecular complexity index is 242. The number of ether oxygens (including phenoxy) is 1. The molecular weight excluding hydrogens is 265 g/mol. The van der Waals surface area contributed by atoms with Crippen molar-refractivity contribution in [3.8, 4) is 0 Å². The second-order valence-corrected chi connectivity index (χ2v) is 5.72. The molecule has 0 heterocycles. The lowest BCUT2D eigenvalue weighted by Gasteiger charge is -2.19. The number of hydrogen-bond acceptors (Lipinski definition) is 3. The molecule has 0 saturated carbocycles. The highest BCUT2D eigenvalue weighted by molar-refractivity contribution is 7.99. The van der Waals surface area contributed by atoms with E-state index >= 15 is 0 Å². The molecule has 6 heteroatoms. The number of carbonyl (C=O) groups is 1. The highest BCUT2D eigenvalue weighted by Gasteiger charge is 2.25. The first-order valence-electron chi connectivity index (χ1n) is 6.08. The van der Waals surface area contributed by atoms with E-state index in [1.54, 1.807) is 0 Å². The van der Waals surface area contributed by atoms with E-state index in [1.165, 1.54) is 18.7 Å². The molecule has 18 heavy (non-hydrogen) atoms. The molecule has 0 N–H and O–H groups in total. The molecule has 1 unspecified atom stereocenters. The molecule has 0 fully saturated rings. The predicted octanol–water partition coefficient (Wildman–Crippen LogP) is 4.39. The van der Waals surface area contributed by atoms with Crippen LogP contribution >= 0.6 is 11.8 Å². The minimum atomic E-state index is -4.05. The maximum atomic E-state index is 11.9. The number of unbranched alkanes of at least 4 members (excludes halogenated alkanes) is 2. The Morgan fingerprint density at radius 1 is 1.22 bits per heavy atom. The van der Waals surface area contributed by atoms with E-state index in [2.05, 4.69) is 0 Å². The predicted molar refractivity (Wildman–Crippen MR) is 67.4 cm³/mol. The summed E-state index contributed by atoms with van der Waals surface area (Å²) in [6.45, 7) is 5.26. The van der Waals surface area contributed by atoms with Gasteiger partial charge in [0.2, 0.25) is 0 Å². The van der Waals surface area contributed by atoms with Crippen LogP contribution in [0.5, 0.6) is 0 Å². The lowest BCUT2D eigenvalue weighted by molar-refractivity contribution is -0.143. The Morgan fingerprint density at radius 2 is 1.83 bits per heavy atom. The second kappa shape index (κ2) is 8.67. The Kier molecular flexibility index (Phi) is 8.48. The summed E-state index contributed by atoms with van der Waals surface area (Å²) in [5, 5.41) is 0. The largest absolute Gasteiger partial charge is 0.451 e. The molecule has 0 aromatic carbocycles. The lowest BCUT2D eigenvalue weighted by Crippen LogP contribution is -2.19. The average molecular weight is 286 g/mol. The third-order valence-corrected chi connectivity index (χ3v) is 3.71. The molecule has 0 bridgehead atoms. The zero-order chi connectivity index (χ0) is 14.2. The van der Waals surface area contributed by atoms with Crippen molar-refractivity contribution in [1.82, 2.24) is 0 Å². The average Bonchev–Trinajstić information content (AvgIpc) is 2.18. The van der Waals surface area contributed by atoms with Crippen LogP contribution in [0, 0.1) is 5.92 Å². The molecule has 108 valence electrons. The molecule has 0 saturated heterocycles. The fourth-order valence-electron chi connectivity index (χ4n) is 1.33. The van der Waals surface area contributed by atoms with E-state index in [0.717, 1.165) is 0 Å². The number of carbonyl (C=O) groups excluding carboxylic acids is 1. The van der Waals surface area contributed by atoms with Crippen molar-refractivity contribution in [2.24, 2.45) is 5.92 Å². The first-order chi connectivity index (χ1) is 8.22. The van der Waals surface area contributed by atoms with Crippen molar-refractivity contribution in [2.45, 2.75) is 58.1 Å². The number of alkyl halides is 3. The van der Waals surface area contributed by atoms with Crippen molar-refractivity contribution in [3.63, 3.8) is 0 Å². The molecule has 0 spiro atoms. The molecule has 0 aliphatic carbocycles. The summed E-state index contributed by atoms with van der Waals surface area (Å²) >= 11 is 1.49. The van der Waals surface area contributed by atoms with E-state index in [9.17, 15) is 18.0 Å². The maximum absolute atomic E-state index is 11.9. The molecule has 1 atom stereocenters. The van der Waals surface area contributed by atoms with Gasteiger partial charge in [-0.25, -0.2) is 0 Å². The quantitative estimate of drug-likeness (QED) is 0.376. The van der Waals surface area contributed by atoms with Gasteiger partial charge in [-0.3, -0.25) is 4.79 Å². The van der Waals surface area contributed by atoms with E-state index in [4.69, 9.17) is 4.74 Å². The van der Waals surface area contributed by atoms with Gasteiger partial charge in [0.15, 0.2) is 0 Å². The molecular formula is C12H21F3O2S. The van der Waals surface area contributed by atoms with Crippen molar-refractivity contribution in [3.05, 3.63) is 0 Å². The minimum absolute atomic E-state index is 0.171. The maximum Gasteiger partial charge on any atom is 0.389 e. The van der Waals surface area contributed by atoms with Gasteiger partial charge < -0.3 is 4.74 Å². The number of thioether (sulfide) groups is 1. The van der Waals surface area contributed by atoms with Crippen LogP contribution in [-0.2, 0) is 9.53 Å². The Balaban J connectivity index is 3.65. The fraction of sp³-hybridized carbons (Fsp3) is 0.917. The van der Waals surface area contributed by atoms with E-state index in [-0.39, 0.29) is 23.7 Å². The molecule has 0 radical (unpaired) electrons. The molecule has 0 aliphatic rings. The topological polar surface area (TPSA) is 26.3 Å². The summed E-state index contributed by atoms with van der Waals surface area (Å²) in [7, 11) is 0. The van der Waals surface area contributed by atoms with Gasteiger partial charge in [-0.2, -0.15) is 13.2 Å². The van der Waals surface area contributed by atoms with Crippen molar-refractivity contribution >= 4 is 17.7 Å². The summed E-state index contributed by atoms with van der Waals surface area (Å²) in [6.07, 6.45) is -3.33. The molecule has 0 rings (SSSR count). The lowest BCUT2D eigenvalue weighted by atomic mass is 10.2. The van der Waals surface area contributed by atoms with E-state index in [0.29, 0.717) is 18.6 Å². The van der Waals surface area contributed by atoms with Crippen molar-refractivity contribution in [1.29, 1.82) is 0 Å². The van der Waals surface area contributed by atoms with Crippen LogP contribution in [0.3, 0.4) is 0 Å². The van der Waals surface area contributed by atoms with Crippen LogP contribution in [-0.4, -0.2) is 23.3 Å². The molecule has 0 amide bonds. The van der Waals surface area contributed by atoms with E-state index < -0.39 is 12.6 Å². The van der Waals surface area contributed by atoms with Gasteiger partial charge in [-0.15, -0.1) is 11.8 Å². The third-order valence-electron chi connectivity index (χ3n) is 2.21. The Labute approximate surface area is 111 Å². The standard InChI is InChI=1S/C12H21F3O2S/c1-9(2)11(17-10(3)16)18-8-6-4-5-7-12(13,14)15/h9,11H,4-8H2,1-3H3. The zero-order valence-electron chi connectivity index (χ0n) is 11.0. The normalized spacial score (nSPS) is 13.7. The Hall–Kier alpha value is -0.390. The number of rotatable bonds is 8. The number of hydrogen-bond donors (Lipinski definition) is 0. The zero-order valence-corrected chi connectivity index (χ0v) is 11.9. The van der Waals surface area contributed by atoms with Gasteiger partial charge >= 0.3 is 12.1 Å². The summed E-state index contributed by atoms with van der Waals surface area (Å²) in [4.78, 5) is 10.8. The number of esters is 1. The summed E-state index contributed by atoms with van der Waals surface area (Å²) < 4.78 is 40.8. The SMILES string of the molecule is CC(=O)OC(SCCCCCC(F)(F)F)C(C)C. The van der Waals surface area contributed by atoms with Gasteiger partial charge in [-0.1, -0.05) is 20.3 Å². The van der Waals surface area contributed by atoms with E-state index in [1.807, 2.05) is 13.8 Å². The van der Waals surface area contributed by atoms with Gasteiger partial charge in [0.05, 0.1) is 0 Å². The van der Waals surface area contributed by atoms with Crippen LogP contribution in [0.1, 0.15) is 46.5 Å². The van der Waals surface area contributed by atoms with Crippen LogP contribution < -0.4 is 0 Å². The number of halogens is 3. The summed E-state index contributed by atoms with van der Waals surface area (Å²) in [6, 6.07) is 0. The molecule has 2 nitrogen and oxygen atoms in total. The first-order valence-corrected chi connectivity index (χ1v) is 7.13. The van der Waals surface area contributed by atoms with Crippen molar-refractivity contribution in [2.75, 3.05) is 5.75 Å². The Morgan fingerprint density at radius 3 is 2.28 bits per heavy atom. The molecule has 0 aromatic heterocycles. The highest BCUT2D eigenvalue weighted by Crippen LogP contribution is 2.25. The van der Waals surface area contributed by atoms with Crippen LogP contribution in [0.2, 0.25) is 0 Å². The van der Waals surface area contributed by atoms with Gasteiger partial charge in [0.1, 0.15) is 5.44 Å². The second-order valence-electron chi connectivity index (χ2n) is 4.52. The van der Waals surface area contributed by atoms with Gasteiger partial charge in [0.25, 0.3) is 0 Å². The van der Waals surface area contributed by atoms with Crippen LogP contribution in [0.4, 0.5) is 13.2 Å². The smallest absolute Gasteiger partial charge is 0.389 e. The van der Waals surface area contributed by atoms with Gasteiger partial charge in [0, 0.05) is 13.3 Å². The van der Waals surface area contributed by atoms with Crippen LogP contribution in [0.15, 0.2) is 0 Å². The highest BCUT2D eigenvalue weighted by atomic mass is 32.2. The minimum Gasteiger partial charge on any atom is -0.451 e.